The molecule has 1 aliphatic heterocycles. The monoisotopic (exact) mass is 439 g/mol. The number of hydrogen-bond acceptors (Lipinski definition) is 6. The molecule has 3 rings (SSSR count). The van der Waals surface area contributed by atoms with Crippen LogP contribution in [0.1, 0.15) is 35.0 Å². The number of halogens is 1. The van der Waals surface area contributed by atoms with Crippen LogP contribution in [-0.4, -0.2) is 53.0 Å². The lowest BCUT2D eigenvalue weighted by molar-refractivity contribution is 0.0674. The minimum atomic E-state index is -3.15. The first kappa shape index (κ1) is 21.1. The molecular formula is C19H22ClN3O3S2. The van der Waals surface area contributed by atoms with Gasteiger partial charge in [-0.2, -0.15) is 0 Å². The molecule has 1 amide bonds. The maximum Gasteiger partial charge on any atom is 0.274 e. The zero-order valence-corrected chi connectivity index (χ0v) is 18.1. The number of aryl methyl sites for hydroxylation is 1. The van der Waals surface area contributed by atoms with E-state index in [-0.39, 0.29) is 28.1 Å². The Labute approximate surface area is 174 Å². The van der Waals surface area contributed by atoms with Gasteiger partial charge in [-0.1, -0.05) is 54.6 Å². The van der Waals surface area contributed by atoms with Crippen molar-refractivity contribution in [3.05, 3.63) is 52.3 Å². The summed E-state index contributed by atoms with van der Waals surface area (Å²) in [5.41, 5.74) is 2.24. The van der Waals surface area contributed by atoms with E-state index in [1.807, 2.05) is 30.5 Å². The van der Waals surface area contributed by atoms with Crippen LogP contribution in [0.4, 0.5) is 0 Å². The van der Waals surface area contributed by atoms with Crippen molar-refractivity contribution < 1.29 is 13.2 Å². The number of carbonyl (C=O) groups excluding carboxylic acids is 1. The van der Waals surface area contributed by atoms with Gasteiger partial charge in [-0.15, -0.1) is 0 Å². The number of rotatable bonds is 6. The molecule has 0 saturated carbocycles. The molecule has 1 aliphatic rings. The Morgan fingerprint density at radius 2 is 1.96 bits per heavy atom. The van der Waals surface area contributed by atoms with Crippen molar-refractivity contribution in [1.29, 1.82) is 0 Å². The van der Waals surface area contributed by atoms with Gasteiger partial charge in [-0.05, 0) is 30.2 Å². The number of aromatic nitrogens is 2. The fourth-order valence-corrected chi connectivity index (χ4v) is 5.44. The number of amides is 1. The van der Waals surface area contributed by atoms with Gasteiger partial charge in [0, 0.05) is 12.6 Å². The molecule has 2 heterocycles. The summed E-state index contributed by atoms with van der Waals surface area (Å²) in [5.74, 6) is -0.322. The molecule has 1 aromatic carbocycles. The number of carbonyl (C=O) groups is 1. The smallest absolute Gasteiger partial charge is 0.274 e. The average Bonchev–Trinajstić information content (AvgIpc) is 3.06. The van der Waals surface area contributed by atoms with E-state index in [1.54, 1.807) is 4.90 Å². The Morgan fingerprint density at radius 1 is 1.29 bits per heavy atom. The molecule has 9 heteroatoms. The van der Waals surface area contributed by atoms with E-state index in [1.165, 1.54) is 23.5 Å². The van der Waals surface area contributed by atoms with E-state index in [0.717, 1.165) is 12.0 Å². The van der Waals surface area contributed by atoms with Crippen LogP contribution in [-0.2, 0) is 22.8 Å². The predicted octanol–water partition coefficient (Wildman–Crippen LogP) is 3.24. The number of hydrogen-bond donors (Lipinski definition) is 0. The fraction of sp³-hybridized carbons (Fsp3) is 0.421. The van der Waals surface area contributed by atoms with Gasteiger partial charge in [0.1, 0.15) is 0 Å². The van der Waals surface area contributed by atoms with Crippen LogP contribution < -0.4 is 0 Å². The van der Waals surface area contributed by atoms with Gasteiger partial charge in [0.15, 0.2) is 20.7 Å². The molecule has 0 aliphatic carbocycles. The zero-order valence-electron chi connectivity index (χ0n) is 15.8. The Morgan fingerprint density at radius 3 is 2.54 bits per heavy atom. The van der Waals surface area contributed by atoms with E-state index >= 15 is 0 Å². The quantitative estimate of drug-likeness (QED) is 0.507. The lowest BCUT2D eigenvalue weighted by atomic mass is 10.1. The fourth-order valence-electron chi connectivity index (χ4n) is 3.20. The Bertz CT molecular complexity index is 965. The van der Waals surface area contributed by atoms with Crippen LogP contribution in [0.3, 0.4) is 0 Å². The first-order valence-electron chi connectivity index (χ1n) is 8.98. The SMILES string of the molecule is CCc1ccc(CN(C(=O)c2nc(SC)ncc2Cl)[C@H]2CCS(=O)(=O)C2)cc1. The molecule has 28 heavy (non-hydrogen) atoms. The third-order valence-electron chi connectivity index (χ3n) is 4.80. The second kappa shape index (κ2) is 8.80. The van der Waals surface area contributed by atoms with Crippen LogP contribution in [0.25, 0.3) is 0 Å². The molecule has 6 nitrogen and oxygen atoms in total. The minimum absolute atomic E-state index is 0.0378. The van der Waals surface area contributed by atoms with Crippen LogP contribution >= 0.6 is 23.4 Å². The molecule has 1 fully saturated rings. The lowest BCUT2D eigenvalue weighted by Gasteiger charge is -2.28. The van der Waals surface area contributed by atoms with Crippen molar-refractivity contribution in [1.82, 2.24) is 14.9 Å². The summed E-state index contributed by atoms with van der Waals surface area (Å²) in [6.45, 7) is 2.38. The van der Waals surface area contributed by atoms with Gasteiger partial charge >= 0.3 is 0 Å². The highest BCUT2D eigenvalue weighted by atomic mass is 35.5. The van der Waals surface area contributed by atoms with Gasteiger partial charge in [-0.3, -0.25) is 4.79 Å². The molecule has 0 radical (unpaired) electrons. The molecule has 0 bridgehead atoms. The molecule has 1 aromatic heterocycles. The molecule has 0 N–H and O–H groups in total. The van der Waals surface area contributed by atoms with E-state index in [2.05, 4.69) is 16.9 Å². The summed E-state index contributed by atoms with van der Waals surface area (Å²) in [7, 11) is -3.15. The van der Waals surface area contributed by atoms with Crippen LogP contribution in [0.5, 0.6) is 0 Å². The molecule has 2 aromatic rings. The normalized spacial score (nSPS) is 18.2. The first-order chi connectivity index (χ1) is 13.3. The van der Waals surface area contributed by atoms with Crippen LogP contribution in [0, 0.1) is 0 Å². The van der Waals surface area contributed by atoms with E-state index in [9.17, 15) is 13.2 Å². The summed E-state index contributed by atoms with van der Waals surface area (Å²) in [5, 5.41) is 0.606. The van der Waals surface area contributed by atoms with Crippen LogP contribution in [0.2, 0.25) is 5.02 Å². The summed E-state index contributed by atoms with van der Waals surface area (Å²) >= 11 is 7.51. The van der Waals surface area contributed by atoms with Crippen molar-refractivity contribution in [2.75, 3.05) is 17.8 Å². The highest BCUT2D eigenvalue weighted by Crippen LogP contribution is 2.25. The van der Waals surface area contributed by atoms with Gasteiger partial charge < -0.3 is 4.90 Å². The second-order valence-corrected chi connectivity index (χ2v) is 10.1. The highest BCUT2D eigenvalue weighted by Gasteiger charge is 2.36. The maximum absolute atomic E-state index is 13.3. The Kier molecular flexibility index (Phi) is 6.62. The maximum atomic E-state index is 13.3. The summed E-state index contributed by atoms with van der Waals surface area (Å²) in [4.78, 5) is 23.2. The van der Waals surface area contributed by atoms with Crippen molar-refractivity contribution in [3.8, 4) is 0 Å². The molecule has 1 atom stereocenters. The van der Waals surface area contributed by atoms with Gasteiger partial charge in [0.25, 0.3) is 5.91 Å². The van der Waals surface area contributed by atoms with Gasteiger partial charge in [0.05, 0.1) is 22.7 Å². The summed E-state index contributed by atoms with van der Waals surface area (Å²) in [6, 6.07) is 7.58. The van der Waals surface area contributed by atoms with Crippen molar-refractivity contribution in [3.63, 3.8) is 0 Å². The predicted molar refractivity (Wildman–Crippen MR) is 112 cm³/mol. The van der Waals surface area contributed by atoms with E-state index in [4.69, 9.17) is 11.6 Å². The average molecular weight is 440 g/mol. The molecule has 0 spiro atoms. The molecule has 150 valence electrons. The van der Waals surface area contributed by atoms with E-state index < -0.39 is 15.9 Å². The second-order valence-electron chi connectivity index (χ2n) is 6.71. The standard InChI is InChI=1S/C19H22ClN3O3S2/c1-3-13-4-6-14(7-5-13)11-23(15-8-9-28(25,26)12-15)18(24)17-16(20)10-21-19(22-17)27-2/h4-7,10,15H,3,8-9,11-12H2,1-2H3/t15-/m0/s1. The largest absolute Gasteiger partial charge is 0.329 e. The Hall–Kier alpha value is -1.64. The van der Waals surface area contributed by atoms with E-state index in [0.29, 0.717) is 18.1 Å². The third-order valence-corrected chi connectivity index (χ3v) is 7.39. The van der Waals surface area contributed by atoms with Gasteiger partial charge in [-0.25, -0.2) is 18.4 Å². The number of nitrogens with zero attached hydrogens (tertiary/aromatic N) is 3. The number of thioether (sulfide) groups is 1. The third kappa shape index (κ3) is 4.85. The molecule has 1 saturated heterocycles. The zero-order chi connectivity index (χ0) is 20.3. The lowest BCUT2D eigenvalue weighted by Crippen LogP contribution is -2.41. The van der Waals surface area contributed by atoms with Crippen molar-refractivity contribution >= 4 is 39.1 Å². The van der Waals surface area contributed by atoms with Crippen molar-refractivity contribution in [2.45, 2.75) is 37.5 Å². The summed E-state index contributed by atoms with van der Waals surface area (Å²) < 4.78 is 24.0. The topological polar surface area (TPSA) is 80.2 Å². The number of benzene rings is 1. The summed E-state index contributed by atoms with van der Waals surface area (Å²) in [6.07, 6.45) is 4.57. The van der Waals surface area contributed by atoms with Crippen molar-refractivity contribution in [2.24, 2.45) is 0 Å². The van der Waals surface area contributed by atoms with Crippen LogP contribution in [0.15, 0.2) is 35.6 Å². The Balaban J connectivity index is 1.94. The molecular weight excluding hydrogens is 418 g/mol. The number of sulfone groups is 1. The van der Waals surface area contributed by atoms with Gasteiger partial charge in [0.2, 0.25) is 0 Å². The molecule has 0 unspecified atom stereocenters. The minimum Gasteiger partial charge on any atom is -0.329 e. The highest BCUT2D eigenvalue weighted by molar-refractivity contribution is 7.98. The first-order valence-corrected chi connectivity index (χ1v) is 12.4.